The molecule has 1 aromatic heterocycles. The van der Waals surface area contributed by atoms with E-state index in [1.807, 2.05) is 30.3 Å². The molecule has 0 aliphatic heterocycles. The molecule has 5 nitrogen and oxygen atoms in total. The van der Waals surface area contributed by atoms with Gasteiger partial charge in [-0.25, -0.2) is 13.1 Å². The van der Waals surface area contributed by atoms with Crippen LogP contribution in [0.5, 0.6) is 0 Å². The van der Waals surface area contributed by atoms with Gasteiger partial charge in [0, 0.05) is 13.1 Å². The fourth-order valence-corrected chi connectivity index (χ4v) is 3.54. The van der Waals surface area contributed by atoms with Crippen LogP contribution in [0.2, 0.25) is 4.34 Å². The first-order valence-corrected chi connectivity index (χ1v) is 9.36. The van der Waals surface area contributed by atoms with E-state index in [2.05, 4.69) is 10.0 Å². The maximum Gasteiger partial charge on any atom is 0.261 e. The standard InChI is InChI=1S/C14H15ClN2O3S2/c15-13-7-6-12(21-13)14(18)16-8-9-22(19,20)17-10-11-4-2-1-3-5-11/h1-7,17H,8-10H2,(H,16,18). The van der Waals surface area contributed by atoms with E-state index in [0.29, 0.717) is 9.21 Å². The van der Waals surface area contributed by atoms with E-state index in [9.17, 15) is 13.2 Å². The number of amides is 1. The van der Waals surface area contributed by atoms with Gasteiger partial charge in [-0.1, -0.05) is 41.9 Å². The van der Waals surface area contributed by atoms with Crippen LogP contribution < -0.4 is 10.0 Å². The molecule has 2 aromatic rings. The summed E-state index contributed by atoms with van der Waals surface area (Å²) in [6.45, 7) is 0.274. The molecular weight excluding hydrogens is 344 g/mol. The van der Waals surface area contributed by atoms with Gasteiger partial charge in [-0.2, -0.15) is 0 Å². The van der Waals surface area contributed by atoms with Crippen LogP contribution in [0.1, 0.15) is 15.2 Å². The molecule has 8 heteroatoms. The Labute approximate surface area is 138 Å². The van der Waals surface area contributed by atoms with Crippen LogP contribution in [0, 0.1) is 0 Å². The topological polar surface area (TPSA) is 75.3 Å². The van der Waals surface area contributed by atoms with Gasteiger partial charge in [-0.3, -0.25) is 4.79 Å². The second-order valence-electron chi connectivity index (χ2n) is 4.49. The molecule has 0 radical (unpaired) electrons. The zero-order valence-electron chi connectivity index (χ0n) is 11.6. The van der Waals surface area contributed by atoms with Gasteiger partial charge in [0.05, 0.1) is 15.0 Å². The second-order valence-corrected chi connectivity index (χ2v) is 8.13. The SMILES string of the molecule is O=C(NCCS(=O)(=O)NCc1ccccc1)c1ccc(Cl)s1. The van der Waals surface area contributed by atoms with Crippen molar-refractivity contribution in [2.75, 3.05) is 12.3 Å². The monoisotopic (exact) mass is 358 g/mol. The number of carbonyl (C=O) groups is 1. The highest BCUT2D eigenvalue weighted by Crippen LogP contribution is 2.20. The number of thiophene rings is 1. The zero-order valence-corrected chi connectivity index (χ0v) is 14.0. The van der Waals surface area contributed by atoms with E-state index in [-0.39, 0.29) is 24.7 Å². The van der Waals surface area contributed by atoms with Crippen LogP contribution in [0.3, 0.4) is 0 Å². The smallest absolute Gasteiger partial charge is 0.261 e. The van der Waals surface area contributed by atoms with Gasteiger partial charge in [0.2, 0.25) is 10.0 Å². The fraction of sp³-hybridized carbons (Fsp3) is 0.214. The average molecular weight is 359 g/mol. The number of sulfonamides is 1. The first kappa shape index (κ1) is 17.0. The van der Waals surface area contributed by atoms with Gasteiger partial charge >= 0.3 is 0 Å². The summed E-state index contributed by atoms with van der Waals surface area (Å²) in [5, 5.41) is 2.56. The Bertz CT molecular complexity index is 730. The highest BCUT2D eigenvalue weighted by molar-refractivity contribution is 7.89. The predicted molar refractivity (Wildman–Crippen MR) is 88.7 cm³/mol. The molecule has 0 atom stereocenters. The van der Waals surface area contributed by atoms with Crippen LogP contribution in [0.25, 0.3) is 0 Å². The fourth-order valence-electron chi connectivity index (χ4n) is 1.68. The molecule has 22 heavy (non-hydrogen) atoms. The first-order valence-electron chi connectivity index (χ1n) is 6.51. The molecule has 0 aliphatic carbocycles. The van der Waals surface area contributed by atoms with Crippen molar-refractivity contribution in [1.82, 2.24) is 10.0 Å². The van der Waals surface area contributed by atoms with Crippen molar-refractivity contribution in [3.63, 3.8) is 0 Å². The van der Waals surface area contributed by atoms with Crippen molar-refractivity contribution in [2.24, 2.45) is 0 Å². The minimum atomic E-state index is -3.44. The quantitative estimate of drug-likeness (QED) is 0.797. The average Bonchev–Trinajstić information content (AvgIpc) is 2.93. The molecule has 0 saturated carbocycles. The molecule has 0 bridgehead atoms. The summed E-state index contributed by atoms with van der Waals surface area (Å²) >= 11 is 6.89. The molecule has 2 rings (SSSR count). The summed E-state index contributed by atoms with van der Waals surface area (Å²) in [5.74, 6) is -0.500. The van der Waals surface area contributed by atoms with Crippen LogP contribution in [-0.2, 0) is 16.6 Å². The number of benzene rings is 1. The Morgan fingerprint density at radius 1 is 1.14 bits per heavy atom. The number of nitrogens with one attached hydrogen (secondary N) is 2. The molecule has 1 heterocycles. The largest absolute Gasteiger partial charge is 0.350 e. The molecule has 1 amide bonds. The molecule has 1 aromatic carbocycles. The van der Waals surface area contributed by atoms with Gasteiger partial charge in [0.1, 0.15) is 0 Å². The second kappa shape index (κ2) is 7.73. The van der Waals surface area contributed by atoms with Crippen molar-refractivity contribution < 1.29 is 13.2 Å². The molecular formula is C14H15ClN2O3S2. The van der Waals surface area contributed by atoms with E-state index < -0.39 is 10.0 Å². The Hall–Kier alpha value is -1.41. The maximum absolute atomic E-state index is 11.8. The number of halogens is 1. The van der Waals surface area contributed by atoms with Gasteiger partial charge < -0.3 is 5.32 Å². The van der Waals surface area contributed by atoms with E-state index in [4.69, 9.17) is 11.6 Å². The first-order chi connectivity index (χ1) is 10.5. The Kier molecular flexibility index (Phi) is 5.96. The summed E-state index contributed by atoms with van der Waals surface area (Å²) in [6, 6.07) is 12.5. The Balaban J connectivity index is 1.76. The van der Waals surface area contributed by atoms with Crippen molar-refractivity contribution in [3.8, 4) is 0 Å². The maximum atomic E-state index is 11.8. The lowest BCUT2D eigenvalue weighted by Gasteiger charge is -2.07. The summed E-state index contributed by atoms with van der Waals surface area (Å²) in [5.41, 5.74) is 0.878. The highest BCUT2D eigenvalue weighted by Gasteiger charge is 2.12. The minimum Gasteiger partial charge on any atom is -0.350 e. The molecule has 118 valence electrons. The Morgan fingerprint density at radius 3 is 2.50 bits per heavy atom. The third-order valence-corrected chi connectivity index (χ3v) is 5.35. The van der Waals surface area contributed by atoms with Gasteiger partial charge in [0.15, 0.2) is 0 Å². The summed E-state index contributed by atoms with van der Waals surface area (Å²) in [7, 11) is -3.44. The van der Waals surface area contributed by atoms with Gasteiger partial charge in [-0.05, 0) is 17.7 Å². The molecule has 0 fully saturated rings. The van der Waals surface area contributed by atoms with E-state index in [1.54, 1.807) is 12.1 Å². The lowest BCUT2D eigenvalue weighted by atomic mass is 10.2. The molecule has 2 N–H and O–H groups in total. The van der Waals surface area contributed by atoms with Crippen LogP contribution in [0.4, 0.5) is 0 Å². The Morgan fingerprint density at radius 2 is 1.86 bits per heavy atom. The third-order valence-electron chi connectivity index (χ3n) is 2.79. The summed E-state index contributed by atoms with van der Waals surface area (Å²) in [6.07, 6.45) is 0. The predicted octanol–water partition coefficient (Wildman–Crippen LogP) is 2.25. The number of hydrogen-bond donors (Lipinski definition) is 2. The number of rotatable bonds is 7. The summed E-state index contributed by atoms with van der Waals surface area (Å²) in [4.78, 5) is 12.2. The third kappa shape index (κ3) is 5.42. The van der Waals surface area contributed by atoms with Gasteiger partial charge in [0.25, 0.3) is 5.91 Å². The van der Waals surface area contributed by atoms with Crippen molar-refractivity contribution in [1.29, 1.82) is 0 Å². The summed E-state index contributed by atoms with van der Waals surface area (Å²) < 4.78 is 26.7. The molecule has 0 unspecified atom stereocenters. The lowest BCUT2D eigenvalue weighted by molar-refractivity contribution is 0.0960. The van der Waals surface area contributed by atoms with Gasteiger partial charge in [-0.15, -0.1) is 11.3 Å². The van der Waals surface area contributed by atoms with Crippen molar-refractivity contribution >= 4 is 38.9 Å². The van der Waals surface area contributed by atoms with E-state index in [0.717, 1.165) is 16.9 Å². The highest BCUT2D eigenvalue weighted by atomic mass is 35.5. The number of carbonyl (C=O) groups excluding carboxylic acids is 1. The normalized spacial score (nSPS) is 11.3. The number of hydrogen-bond acceptors (Lipinski definition) is 4. The van der Waals surface area contributed by atoms with Crippen molar-refractivity contribution in [3.05, 3.63) is 57.2 Å². The van der Waals surface area contributed by atoms with Crippen LogP contribution in [0.15, 0.2) is 42.5 Å². The van der Waals surface area contributed by atoms with E-state index >= 15 is 0 Å². The zero-order chi connectivity index (χ0) is 16.0. The molecule has 0 aliphatic rings. The van der Waals surface area contributed by atoms with Crippen LogP contribution >= 0.6 is 22.9 Å². The van der Waals surface area contributed by atoms with E-state index in [1.165, 1.54) is 0 Å². The molecule has 0 spiro atoms. The minimum absolute atomic E-state index is 0.0402. The molecule has 0 saturated heterocycles. The van der Waals surface area contributed by atoms with Crippen LogP contribution in [-0.4, -0.2) is 26.6 Å². The van der Waals surface area contributed by atoms with Crippen molar-refractivity contribution in [2.45, 2.75) is 6.54 Å². The lowest BCUT2D eigenvalue weighted by Crippen LogP contribution is -2.34.